The maximum absolute atomic E-state index is 12.4. The molecule has 26 heavy (non-hydrogen) atoms. The monoisotopic (exact) mass is 384 g/mol. The highest BCUT2D eigenvalue weighted by atomic mass is 32.2. The van der Waals surface area contributed by atoms with E-state index in [9.17, 15) is 22.0 Å². The molecule has 6 nitrogen and oxygen atoms in total. The summed E-state index contributed by atoms with van der Waals surface area (Å²) in [6.07, 6.45) is 0. The Morgan fingerprint density at radius 2 is 1.81 bits per heavy atom. The van der Waals surface area contributed by atoms with Crippen molar-refractivity contribution < 1.29 is 26.7 Å². The lowest BCUT2D eigenvalue weighted by molar-refractivity contribution is -0.0502. The highest BCUT2D eigenvalue weighted by Gasteiger charge is 2.15. The van der Waals surface area contributed by atoms with Gasteiger partial charge in [-0.1, -0.05) is 13.0 Å². The van der Waals surface area contributed by atoms with Crippen LogP contribution in [0.4, 0.5) is 14.5 Å². The first-order chi connectivity index (χ1) is 12.2. The summed E-state index contributed by atoms with van der Waals surface area (Å²) in [5.74, 6) is -0.542. The number of nitrogens with one attached hydrogen (secondary N) is 2. The standard InChI is InChI=1S/C17H18F2N2O4S/c1-3-20-26(23,24)13-9-7-12(8-10-13)16(22)21-14-5-4-6-15(11(14)2)25-17(18)19/h4-10,17,20H,3H2,1-2H3,(H,21,22). The van der Waals surface area contributed by atoms with Crippen LogP contribution in [-0.4, -0.2) is 27.5 Å². The number of hydrogen-bond donors (Lipinski definition) is 2. The van der Waals surface area contributed by atoms with Crippen LogP contribution in [0.15, 0.2) is 47.4 Å². The summed E-state index contributed by atoms with van der Waals surface area (Å²) in [4.78, 5) is 12.4. The molecule has 0 unspecified atom stereocenters. The van der Waals surface area contributed by atoms with Gasteiger partial charge >= 0.3 is 6.61 Å². The molecule has 0 fully saturated rings. The number of carbonyl (C=O) groups is 1. The SMILES string of the molecule is CCNS(=O)(=O)c1ccc(C(=O)Nc2cccc(OC(F)F)c2C)cc1. The van der Waals surface area contributed by atoms with E-state index in [-0.39, 0.29) is 22.8 Å². The van der Waals surface area contributed by atoms with Gasteiger partial charge in [-0.05, 0) is 43.3 Å². The first kappa shape index (κ1) is 19.8. The molecule has 9 heteroatoms. The minimum atomic E-state index is -3.60. The Balaban J connectivity index is 2.18. The Kier molecular flexibility index (Phi) is 6.27. The summed E-state index contributed by atoms with van der Waals surface area (Å²) < 4.78 is 55.3. The number of benzene rings is 2. The van der Waals surface area contributed by atoms with Crippen molar-refractivity contribution in [2.45, 2.75) is 25.4 Å². The van der Waals surface area contributed by atoms with Crippen LogP contribution in [0.1, 0.15) is 22.8 Å². The van der Waals surface area contributed by atoms with Crippen molar-refractivity contribution in [3.63, 3.8) is 0 Å². The lowest BCUT2D eigenvalue weighted by Crippen LogP contribution is -2.23. The molecule has 0 saturated heterocycles. The Morgan fingerprint density at radius 1 is 1.15 bits per heavy atom. The average molecular weight is 384 g/mol. The second-order valence-electron chi connectivity index (χ2n) is 5.29. The molecule has 0 aliphatic carbocycles. The molecule has 2 N–H and O–H groups in total. The number of ether oxygens (including phenoxy) is 1. The molecule has 0 spiro atoms. The summed E-state index contributed by atoms with van der Waals surface area (Å²) in [5.41, 5.74) is 0.894. The highest BCUT2D eigenvalue weighted by molar-refractivity contribution is 7.89. The molecular weight excluding hydrogens is 366 g/mol. The predicted molar refractivity (Wildman–Crippen MR) is 93.1 cm³/mol. The second-order valence-corrected chi connectivity index (χ2v) is 7.05. The number of amides is 1. The van der Waals surface area contributed by atoms with Crippen molar-refractivity contribution in [1.29, 1.82) is 0 Å². The largest absolute Gasteiger partial charge is 0.434 e. The average Bonchev–Trinajstić information content (AvgIpc) is 2.58. The summed E-state index contributed by atoms with van der Waals surface area (Å²) in [6.45, 7) is 0.485. The Morgan fingerprint density at radius 3 is 2.38 bits per heavy atom. The van der Waals surface area contributed by atoms with Gasteiger partial charge in [-0.15, -0.1) is 0 Å². The van der Waals surface area contributed by atoms with Gasteiger partial charge in [-0.3, -0.25) is 4.79 Å². The van der Waals surface area contributed by atoms with Crippen molar-refractivity contribution >= 4 is 21.6 Å². The molecule has 0 bridgehead atoms. The van der Waals surface area contributed by atoms with Gasteiger partial charge < -0.3 is 10.1 Å². The molecule has 0 atom stereocenters. The van der Waals surface area contributed by atoms with E-state index < -0.39 is 22.5 Å². The van der Waals surface area contributed by atoms with Gasteiger partial charge in [0.15, 0.2) is 0 Å². The fourth-order valence-electron chi connectivity index (χ4n) is 2.23. The van der Waals surface area contributed by atoms with E-state index in [0.29, 0.717) is 11.3 Å². The number of anilines is 1. The zero-order valence-corrected chi connectivity index (χ0v) is 14.9. The van der Waals surface area contributed by atoms with Gasteiger partial charge in [0.25, 0.3) is 5.91 Å². The summed E-state index contributed by atoms with van der Waals surface area (Å²) in [5, 5.41) is 2.59. The smallest absolute Gasteiger partial charge is 0.387 e. The number of halogens is 2. The van der Waals surface area contributed by atoms with Gasteiger partial charge in [-0.25, -0.2) is 13.1 Å². The number of rotatable bonds is 7. The van der Waals surface area contributed by atoms with Gasteiger partial charge in [0.1, 0.15) is 5.75 Å². The third kappa shape index (κ3) is 4.77. The molecular formula is C17H18F2N2O4S. The Hall–Kier alpha value is -2.52. The van der Waals surface area contributed by atoms with E-state index >= 15 is 0 Å². The lowest BCUT2D eigenvalue weighted by atomic mass is 10.1. The van der Waals surface area contributed by atoms with E-state index in [1.165, 1.54) is 36.4 Å². The summed E-state index contributed by atoms with van der Waals surface area (Å²) in [6, 6.07) is 9.77. The molecule has 0 saturated carbocycles. The Bertz CT molecular complexity index is 884. The van der Waals surface area contributed by atoms with E-state index in [4.69, 9.17) is 0 Å². The van der Waals surface area contributed by atoms with E-state index in [1.807, 2.05) is 0 Å². The molecule has 0 radical (unpaired) electrons. The number of carbonyl (C=O) groups excluding carboxylic acids is 1. The number of sulfonamides is 1. The van der Waals surface area contributed by atoms with Crippen molar-refractivity contribution in [1.82, 2.24) is 4.72 Å². The van der Waals surface area contributed by atoms with E-state index in [0.717, 1.165) is 0 Å². The zero-order valence-electron chi connectivity index (χ0n) is 14.1. The maximum atomic E-state index is 12.4. The molecule has 2 aromatic carbocycles. The van der Waals surface area contributed by atoms with Crippen LogP contribution < -0.4 is 14.8 Å². The molecule has 0 heterocycles. The lowest BCUT2D eigenvalue weighted by Gasteiger charge is -2.13. The topological polar surface area (TPSA) is 84.5 Å². The first-order valence-corrected chi connectivity index (χ1v) is 9.18. The van der Waals surface area contributed by atoms with Crippen LogP contribution in [-0.2, 0) is 10.0 Å². The van der Waals surface area contributed by atoms with Crippen LogP contribution in [0.25, 0.3) is 0 Å². The van der Waals surface area contributed by atoms with Crippen LogP contribution in [0.5, 0.6) is 5.75 Å². The van der Waals surface area contributed by atoms with Gasteiger partial charge in [0.05, 0.1) is 4.90 Å². The van der Waals surface area contributed by atoms with Crippen LogP contribution in [0, 0.1) is 6.92 Å². The third-order valence-corrected chi connectivity index (χ3v) is 5.07. The minimum Gasteiger partial charge on any atom is -0.434 e. The fourth-order valence-corrected chi connectivity index (χ4v) is 3.27. The number of hydrogen-bond acceptors (Lipinski definition) is 4. The van der Waals surface area contributed by atoms with Gasteiger partial charge in [-0.2, -0.15) is 8.78 Å². The molecule has 1 amide bonds. The van der Waals surface area contributed by atoms with Gasteiger partial charge in [0.2, 0.25) is 10.0 Å². The zero-order chi connectivity index (χ0) is 19.3. The molecule has 0 aliphatic heterocycles. The molecule has 0 aliphatic rings. The normalized spacial score (nSPS) is 11.4. The Labute approximate surface area is 150 Å². The third-order valence-electron chi connectivity index (χ3n) is 3.51. The highest BCUT2D eigenvalue weighted by Crippen LogP contribution is 2.27. The molecule has 0 aromatic heterocycles. The van der Waals surface area contributed by atoms with Crippen molar-refractivity contribution in [3.8, 4) is 5.75 Å². The second kappa shape index (κ2) is 8.24. The number of alkyl halides is 2. The molecule has 140 valence electrons. The first-order valence-electron chi connectivity index (χ1n) is 7.70. The van der Waals surface area contributed by atoms with Crippen LogP contribution in [0.2, 0.25) is 0 Å². The van der Waals surface area contributed by atoms with Gasteiger partial charge in [0, 0.05) is 23.4 Å². The van der Waals surface area contributed by atoms with Crippen molar-refractivity contribution in [2.24, 2.45) is 0 Å². The predicted octanol–water partition coefficient (Wildman–Crippen LogP) is 3.15. The quantitative estimate of drug-likeness (QED) is 0.768. The molecule has 2 aromatic rings. The maximum Gasteiger partial charge on any atom is 0.387 e. The summed E-state index contributed by atoms with van der Waals surface area (Å²) >= 11 is 0. The van der Waals surface area contributed by atoms with Crippen molar-refractivity contribution in [3.05, 3.63) is 53.6 Å². The van der Waals surface area contributed by atoms with E-state index in [2.05, 4.69) is 14.8 Å². The van der Waals surface area contributed by atoms with Crippen LogP contribution in [0.3, 0.4) is 0 Å². The fraction of sp³-hybridized carbons (Fsp3) is 0.235. The van der Waals surface area contributed by atoms with E-state index in [1.54, 1.807) is 19.9 Å². The molecule has 2 rings (SSSR count). The summed E-state index contributed by atoms with van der Waals surface area (Å²) in [7, 11) is -3.60. The van der Waals surface area contributed by atoms with Crippen molar-refractivity contribution in [2.75, 3.05) is 11.9 Å². The van der Waals surface area contributed by atoms with Crippen LogP contribution >= 0.6 is 0 Å². The minimum absolute atomic E-state index is 0.0371.